The lowest BCUT2D eigenvalue weighted by Crippen LogP contribution is -2.26. The number of benzene rings is 2. The van der Waals surface area contributed by atoms with Crippen molar-refractivity contribution in [2.45, 2.75) is 42.4 Å². The van der Waals surface area contributed by atoms with E-state index in [9.17, 15) is 9.90 Å². The zero-order chi connectivity index (χ0) is 19.0. The number of hydrogen-bond acceptors (Lipinski definition) is 4. The third-order valence-corrected chi connectivity index (χ3v) is 5.84. The van der Waals surface area contributed by atoms with Crippen LogP contribution in [0.5, 0.6) is 5.75 Å². The highest BCUT2D eigenvalue weighted by atomic mass is 32.2. The van der Waals surface area contributed by atoms with Gasteiger partial charge in [-0.2, -0.15) is 0 Å². The zero-order valence-corrected chi connectivity index (χ0v) is 16.1. The number of fused-ring (bicyclic) bond motifs is 1. The van der Waals surface area contributed by atoms with Crippen LogP contribution >= 0.6 is 11.8 Å². The number of aromatic nitrogens is 1. The van der Waals surface area contributed by atoms with Crippen LogP contribution in [0.1, 0.15) is 26.7 Å². The number of carboxylic acids is 1. The lowest BCUT2D eigenvalue weighted by molar-refractivity contribution is -0.138. The van der Waals surface area contributed by atoms with Gasteiger partial charge in [0, 0.05) is 16.5 Å². The number of carbonyl (C=O) groups is 1. The van der Waals surface area contributed by atoms with E-state index in [0.717, 1.165) is 45.5 Å². The molecule has 0 aliphatic heterocycles. The number of carboxylic acid groups (broad SMARTS) is 1. The Balaban J connectivity index is 1.73. The van der Waals surface area contributed by atoms with Crippen molar-refractivity contribution in [3.05, 3.63) is 54.7 Å². The van der Waals surface area contributed by atoms with Crippen molar-refractivity contribution < 1.29 is 14.6 Å². The molecular formula is C22H21NO3S. The first-order valence-electron chi connectivity index (χ1n) is 9.01. The summed E-state index contributed by atoms with van der Waals surface area (Å²) in [5, 5.41) is 10.4. The molecule has 5 heteroatoms. The Morgan fingerprint density at radius 1 is 1.15 bits per heavy atom. The quantitative estimate of drug-likeness (QED) is 0.581. The summed E-state index contributed by atoms with van der Waals surface area (Å²) in [5.41, 5.74) is 2.99. The van der Waals surface area contributed by atoms with Crippen LogP contribution in [0.2, 0.25) is 0 Å². The van der Waals surface area contributed by atoms with Crippen molar-refractivity contribution >= 4 is 28.6 Å². The highest BCUT2D eigenvalue weighted by Gasteiger charge is 2.29. The molecule has 4 rings (SSSR count). The molecule has 1 aromatic heterocycles. The second-order valence-electron chi connectivity index (χ2n) is 7.30. The molecule has 0 spiro atoms. The minimum atomic E-state index is -0.914. The molecule has 1 aliphatic carbocycles. The number of thioether (sulfide) groups is 1. The average Bonchev–Trinajstić information content (AvgIpc) is 3.45. The van der Waals surface area contributed by atoms with Crippen molar-refractivity contribution in [3.8, 4) is 16.9 Å². The molecule has 3 aromatic rings. The molecule has 1 aliphatic rings. The maximum atomic E-state index is 11.5. The minimum Gasteiger partial charge on any atom is -0.490 e. The number of aliphatic carboxylic acids is 1. The number of ether oxygens (including phenoxy) is 1. The molecule has 1 heterocycles. The first kappa shape index (κ1) is 17.9. The van der Waals surface area contributed by atoms with Gasteiger partial charge in [0.15, 0.2) is 0 Å². The minimum absolute atomic E-state index is 0.363. The van der Waals surface area contributed by atoms with Crippen molar-refractivity contribution in [1.82, 2.24) is 4.98 Å². The van der Waals surface area contributed by atoms with E-state index in [4.69, 9.17) is 4.74 Å². The van der Waals surface area contributed by atoms with E-state index >= 15 is 0 Å². The lowest BCUT2D eigenvalue weighted by Gasteiger charge is -2.19. The summed E-state index contributed by atoms with van der Waals surface area (Å²) in [4.78, 5) is 16.9. The molecule has 4 nitrogen and oxygen atoms in total. The molecule has 0 radical (unpaired) electrons. The van der Waals surface area contributed by atoms with Crippen LogP contribution in [0.4, 0.5) is 0 Å². The van der Waals surface area contributed by atoms with Crippen LogP contribution in [0, 0.1) is 0 Å². The maximum absolute atomic E-state index is 11.5. The molecule has 0 unspecified atom stereocenters. The van der Waals surface area contributed by atoms with E-state index < -0.39 is 10.7 Å². The van der Waals surface area contributed by atoms with Gasteiger partial charge in [-0.25, -0.2) is 0 Å². The van der Waals surface area contributed by atoms with Crippen LogP contribution in [0.3, 0.4) is 0 Å². The van der Waals surface area contributed by atoms with Gasteiger partial charge in [0.05, 0.1) is 11.6 Å². The third kappa shape index (κ3) is 3.93. The summed E-state index contributed by atoms with van der Waals surface area (Å²) in [6.07, 6.45) is 4.35. The van der Waals surface area contributed by atoms with Crippen molar-refractivity contribution in [2.75, 3.05) is 0 Å². The second-order valence-corrected chi connectivity index (χ2v) is 8.97. The third-order valence-electron chi connectivity index (χ3n) is 4.58. The van der Waals surface area contributed by atoms with Crippen LogP contribution in [-0.4, -0.2) is 26.9 Å². The molecule has 0 amide bonds. The molecular weight excluding hydrogens is 358 g/mol. The van der Waals surface area contributed by atoms with Gasteiger partial charge in [0.1, 0.15) is 10.5 Å². The Morgan fingerprint density at radius 3 is 2.67 bits per heavy atom. The molecule has 0 atom stereocenters. The molecule has 1 fully saturated rings. The standard InChI is InChI=1S/C22H21NO3S/c1-22(2,21(24)25)27-20-10-11-23-19-9-6-15(13-18(19)20)14-4-3-5-17(12-14)26-16-7-8-16/h3-6,9-13,16H,7-8H2,1-2H3,(H,24,25). The van der Waals surface area contributed by atoms with Crippen LogP contribution in [0.25, 0.3) is 22.0 Å². The summed E-state index contributed by atoms with van der Waals surface area (Å²) in [6.45, 7) is 3.43. The smallest absolute Gasteiger partial charge is 0.319 e. The maximum Gasteiger partial charge on any atom is 0.319 e. The van der Waals surface area contributed by atoms with E-state index in [-0.39, 0.29) is 0 Å². The van der Waals surface area contributed by atoms with Gasteiger partial charge in [-0.1, -0.05) is 18.2 Å². The lowest BCUT2D eigenvalue weighted by atomic mass is 10.0. The Labute approximate surface area is 162 Å². The number of pyridine rings is 1. The SMILES string of the molecule is CC(C)(Sc1ccnc2ccc(-c3cccc(OC4CC4)c3)cc12)C(=O)O. The molecule has 27 heavy (non-hydrogen) atoms. The normalized spacial score (nSPS) is 14.3. The molecule has 1 N–H and O–H groups in total. The van der Waals surface area contributed by atoms with E-state index in [1.54, 1.807) is 20.0 Å². The summed E-state index contributed by atoms with van der Waals surface area (Å²) in [5.74, 6) is 0.0569. The number of nitrogens with zero attached hydrogens (tertiary/aromatic N) is 1. The van der Waals surface area contributed by atoms with Gasteiger partial charge < -0.3 is 9.84 Å². The Morgan fingerprint density at radius 2 is 1.93 bits per heavy atom. The van der Waals surface area contributed by atoms with Crippen LogP contribution < -0.4 is 4.74 Å². The van der Waals surface area contributed by atoms with E-state index in [2.05, 4.69) is 23.2 Å². The average molecular weight is 379 g/mol. The fraction of sp³-hybridized carbons (Fsp3) is 0.273. The molecule has 1 saturated carbocycles. The van der Waals surface area contributed by atoms with Gasteiger partial charge in [0.2, 0.25) is 0 Å². The van der Waals surface area contributed by atoms with Gasteiger partial charge in [0.25, 0.3) is 0 Å². The van der Waals surface area contributed by atoms with E-state index in [1.165, 1.54) is 11.8 Å². The largest absolute Gasteiger partial charge is 0.490 e. The number of hydrogen-bond donors (Lipinski definition) is 1. The monoisotopic (exact) mass is 379 g/mol. The Hall–Kier alpha value is -2.53. The summed E-state index contributed by atoms with van der Waals surface area (Å²) < 4.78 is 4.99. The van der Waals surface area contributed by atoms with E-state index in [0.29, 0.717) is 6.10 Å². The highest BCUT2D eigenvalue weighted by Crippen LogP contribution is 2.38. The summed E-state index contributed by atoms with van der Waals surface area (Å²) in [6, 6.07) is 16.1. The molecule has 0 saturated heterocycles. The van der Waals surface area contributed by atoms with Crippen molar-refractivity contribution in [2.24, 2.45) is 0 Å². The van der Waals surface area contributed by atoms with Crippen LogP contribution in [0.15, 0.2) is 59.6 Å². The summed E-state index contributed by atoms with van der Waals surface area (Å²) in [7, 11) is 0. The molecule has 2 aromatic carbocycles. The zero-order valence-electron chi connectivity index (χ0n) is 15.3. The Bertz CT molecular complexity index is 1010. The predicted molar refractivity (Wildman–Crippen MR) is 108 cm³/mol. The fourth-order valence-electron chi connectivity index (χ4n) is 2.84. The summed E-state index contributed by atoms with van der Waals surface area (Å²) >= 11 is 1.34. The van der Waals surface area contributed by atoms with Crippen molar-refractivity contribution in [3.63, 3.8) is 0 Å². The first-order valence-corrected chi connectivity index (χ1v) is 9.82. The van der Waals surface area contributed by atoms with Gasteiger partial charge in [-0.05, 0) is 68.1 Å². The van der Waals surface area contributed by atoms with E-state index in [1.807, 2.05) is 30.3 Å². The molecule has 0 bridgehead atoms. The number of rotatable bonds is 6. The fourth-order valence-corrected chi connectivity index (χ4v) is 3.87. The van der Waals surface area contributed by atoms with Crippen LogP contribution in [-0.2, 0) is 4.79 Å². The predicted octanol–water partition coefficient (Wildman–Crippen LogP) is 5.40. The van der Waals surface area contributed by atoms with Gasteiger partial charge in [-0.15, -0.1) is 11.8 Å². The second kappa shape index (κ2) is 6.89. The Kier molecular flexibility index (Phi) is 4.56. The highest BCUT2D eigenvalue weighted by molar-refractivity contribution is 8.01. The van der Waals surface area contributed by atoms with Gasteiger partial charge >= 0.3 is 5.97 Å². The van der Waals surface area contributed by atoms with Gasteiger partial charge in [-0.3, -0.25) is 9.78 Å². The van der Waals surface area contributed by atoms with Crippen molar-refractivity contribution in [1.29, 1.82) is 0 Å². The topological polar surface area (TPSA) is 59.4 Å². The molecule has 138 valence electrons. The first-order chi connectivity index (χ1) is 12.9.